The summed E-state index contributed by atoms with van der Waals surface area (Å²) >= 11 is 5.92. The minimum absolute atomic E-state index is 0.135. The molecule has 0 radical (unpaired) electrons. The number of hydrogen-bond donors (Lipinski definition) is 1. The van der Waals surface area contributed by atoms with E-state index in [1.54, 1.807) is 6.07 Å². The highest BCUT2D eigenvalue weighted by molar-refractivity contribution is 6.30. The SMILES string of the molecule is Cc1cc(Cl)ccc1NC(=O)c1ccc(-n2cccc2)cc1. The van der Waals surface area contributed by atoms with E-state index in [0.29, 0.717) is 10.6 Å². The minimum atomic E-state index is -0.135. The molecule has 0 aliphatic rings. The van der Waals surface area contributed by atoms with Gasteiger partial charge < -0.3 is 9.88 Å². The number of nitrogens with one attached hydrogen (secondary N) is 1. The van der Waals surface area contributed by atoms with Crippen LogP contribution in [0.1, 0.15) is 15.9 Å². The second kappa shape index (κ2) is 6.08. The predicted molar refractivity (Wildman–Crippen MR) is 89.9 cm³/mol. The van der Waals surface area contributed by atoms with Crippen molar-refractivity contribution in [3.05, 3.63) is 83.1 Å². The molecule has 110 valence electrons. The van der Waals surface area contributed by atoms with E-state index in [2.05, 4.69) is 5.32 Å². The largest absolute Gasteiger partial charge is 0.324 e. The van der Waals surface area contributed by atoms with Crippen molar-refractivity contribution in [3.8, 4) is 5.69 Å². The van der Waals surface area contributed by atoms with Crippen molar-refractivity contribution in [2.45, 2.75) is 6.92 Å². The van der Waals surface area contributed by atoms with Gasteiger partial charge in [0.25, 0.3) is 5.91 Å². The minimum Gasteiger partial charge on any atom is -0.324 e. The van der Waals surface area contributed by atoms with Crippen molar-refractivity contribution in [3.63, 3.8) is 0 Å². The third kappa shape index (κ3) is 3.05. The van der Waals surface area contributed by atoms with Gasteiger partial charge in [-0.1, -0.05) is 11.6 Å². The summed E-state index contributed by atoms with van der Waals surface area (Å²) in [6, 6.07) is 16.8. The number of carbonyl (C=O) groups excluding carboxylic acids is 1. The van der Waals surface area contributed by atoms with Crippen LogP contribution in [-0.4, -0.2) is 10.5 Å². The molecule has 1 amide bonds. The van der Waals surface area contributed by atoms with E-state index < -0.39 is 0 Å². The average Bonchev–Trinajstić information content (AvgIpc) is 3.04. The van der Waals surface area contributed by atoms with Gasteiger partial charge in [-0.2, -0.15) is 0 Å². The topological polar surface area (TPSA) is 34.0 Å². The number of rotatable bonds is 3. The highest BCUT2D eigenvalue weighted by Crippen LogP contribution is 2.20. The number of anilines is 1. The van der Waals surface area contributed by atoms with Crippen LogP contribution in [0.3, 0.4) is 0 Å². The number of halogens is 1. The Morgan fingerprint density at radius 1 is 1.05 bits per heavy atom. The van der Waals surface area contributed by atoms with Crippen molar-refractivity contribution < 1.29 is 4.79 Å². The zero-order valence-electron chi connectivity index (χ0n) is 12.1. The summed E-state index contributed by atoms with van der Waals surface area (Å²) in [6.45, 7) is 1.91. The van der Waals surface area contributed by atoms with E-state index in [1.807, 2.05) is 72.4 Å². The summed E-state index contributed by atoms with van der Waals surface area (Å²) in [7, 11) is 0. The van der Waals surface area contributed by atoms with E-state index in [0.717, 1.165) is 16.9 Å². The second-order valence-corrected chi connectivity index (χ2v) is 5.49. The summed E-state index contributed by atoms with van der Waals surface area (Å²) in [5.74, 6) is -0.135. The smallest absolute Gasteiger partial charge is 0.255 e. The summed E-state index contributed by atoms with van der Waals surface area (Å²) < 4.78 is 1.99. The molecule has 0 spiro atoms. The molecule has 0 aliphatic heterocycles. The molecule has 1 heterocycles. The highest BCUT2D eigenvalue weighted by Gasteiger charge is 2.08. The van der Waals surface area contributed by atoms with Gasteiger partial charge in [-0.05, 0) is 67.1 Å². The standard InChI is InChI=1S/C18H15ClN2O/c1-13-12-15(19)6-9-17(13)20-18(22)14-4-7-16(8-5-14)21-10-2-3-11-21/h2-12H,1H3,(H,20,22). The number of amides is 1. The maximum absolute atomic E-state index is 12.3. The van der Waals surface area contributed by atoms with Crippen LogP contribution in [0.15, 0.2) is 67.0 Å². The molecule has 0 saturated heterocycles. The molecule has 0 saturated carbocycles. The first-order chi connectivity index (χ1) is 10.6. The number of nitrogens with zero attached hydrogens (tertiary/aromatic N) is 1. The summed E-state index contributed by atoms with van der Waals surface area (Å²) in [5, 5.41) is 3.56. The Morgan fingerprint density at radius 2 is 1.73 bits per heavy atom. The fraction of sp³-hybridized carbons (Fsp3) is 0.0556. The summed E-state index contributed by atoms with van der Waals surface area (Å²) in [4.78, 5) is 12.3. The van der Waals surface area contributed by atoms with Crippen molar-refractivity contribution >= 4 is 23.2 Å². The van der Waals surface area contributed by atoms with Crippen molar-refractivity contribution in [1.82, 2.24) is 4.57 Å². The maximum atomic E-state index is 12.3. The molecule has 3 aromatic rings. The van der Waals surface area contributed by atoms with Crippen molar-refractivity contribution in [2.75, 3.05) is 5.32 Å². The molecule has 1 aromatic heterocycles. The lowest BCUT2D eigenvalue weighted by molar-refractivity contribution is 0.102. The van der Waals surface area contributed by atoms with Gasteiger partial charge in [-0.25, -0.2) is 0 Å². The molecule has 0 atom stereocenters. The number of aryl methyl sites for hydroxylation is 1. The summed E-state index contributed by atoms with van der Waals surface area (Å²) in [5.41, 5.74) is 3.34. The zero-order valence-corrected chi connectivity index (χ0v) is 12.8. The van der Waals surface area contributed by atoms with Gasteiger partial charge in [-0.15, -0.1) is 0 Å². The van der Waals surface area contributed by atoms with E-state index in [4.69, 9.17) is 11.6 Å². The lowest BCUT2D eigenvalue weighted by Gasteiger charge is -2.09. The molecule has 3 nitrogen and oxygen atoms in total. The van der Waals surface area contributed by atoms with Gasteiger partial charge in [-0.3, -0.25) is 4.79 Å². The van der Waals surface area contributed by atoms with Gasteiger partial charge >= 0.3 is 0 Å². The molecule has 0 bridgehead atoms. The van der Waals surface area contributed by atoms with Gasteiger partial charge in [0, 0.05) is 34.4 Å². The van der Waals surface area contributed by atoms with Crippen LogP contribution < -0.4 is 5.32 Å². The van der Waals surface area contributed by atoms with E-state index >= 15 is 0 Å². The third-order valence-electron chi connectivity index (χ3n) is 3.47. The Kier molecular flexibility index (Phi) is 3.98. The van der Waals surface area contributed by atoms with Crippen LogP contribution in [0.2, 0.25) is 5.02 Å². The van der Waals surface area contributed by atoms with Gasteiger partial charge in [0.1, 0.15) is 0 Å². The van der Waals surface area contributed by atoms with Crippen LogP contribution in [0.25, 0.3) is 5.69 Å². The third-order valence-corrected chi connectivity index (χ3v) is 3.70. The Morgan fingerprint density at radius 3 is 2.36 bits per heavy atom. The molecule has 0 unspecified atom stereocenters. The first-order valence-corrected chi connectivity index (χ1v) is 7.32. The van der Waals surface area contributed by atoms with Crippen molar-refractivity contribution in [1.29, 1.82) is 0 Å². The molecule has 1 N–H and O–H groups in total. The van der Waals surface area contributed by atoms with E-state index in [-0.39, 0.29) is 5.91 Å². The Balaban J connectivity index is 1.77. The van der Waals surface area contributed by atoms with Gasteiger partial charge in [0.2, 0.25) is 0 Å². The molecule has 4 heteroatoms. The Labute approximate surface area is 134 Å². The van der Waals surface area contributed by atoms with Gasteiger partial charge in [0.05, 0.1) is 0 Å². The normalized spacial score (nSPS) is 10.5. The van der Waals surface area contributed by atoms with Crippen molar-refractivity contribution in [2.24, 2.45) is 0 Å². The second-order valence-electron chi connectivity index (χ2n) is 5.05. The molecule has 0 aliphatic carbocycles. The van der Waals surface area contributed by atoms with Crippen LogP contribution in [0.5, 0.6) is 0 Å². The number of carbonyl (C=O) groups is 1. The average molecular weight is 311 g/mol. The molecule has 0 fully saturated rings. The first kappa shape index (κ1) is 14.4. The first-order valence-electron chi connectivity index (χ1n) is 6.94. The number of aromatic nitrogens is 1. The molecular weight excluding hydrogens is 296 g/mol. The lowest BCUT2D eigenvalue weighted by Crippen LogP contribution is -2.12. The van der Waals surface area contributed by atoms with Crippen LogP contribution in [-0.2, 0) is 0 Å². The van der Waals surface area contributed by atoms with E-state index in [9.17, 15) is 4.79 Å². The zero-order chi connectivity index (χ0) is 15.5. The predicted octanol–water partition coefficient (Wildman–Crippen LogP) is 4.69. The number of benzene rings is 2. The number of hydrogen-bond acceptors (Lipinski definition) is 1. The molecular formula is C18H15ClN2O. The fourth-order valence-electron chi connectivity index (χ4n) is 2.25. The quantitative estimate of drug-likeness (QED) is 0.748. The monoisotopic (exact) mass is 310 g/mol. The lowest BCUT2D eigenvalue weighted by atomic mass is 10.1. The van der Waals surface area contributed by atoms with Crippen LogP contribution in [0, 0.1) is 6.92 Å². The fourth-order valence-corrected chi connectivity index (χ4v) is 2.48. The van der Waals surface area contributed by atoms with Crippen LogP contribution >= 0.6 is 11.6 Å². The van der Waals surface area contributed by atoms with Crippen LogP contribution in [0.4, 0.5) is 5.69 Å². The molecule has 3 rings (SSSR count). The highest BCUT2D eigenvalue weighted by atomic mass is 35.5. The molecule has 22 heavy (non-hydrogen) atoms. The van der Waals surface area contributed by atoms with E-state index in [1.165, 1.54) is 0 Å². The molecule has 2 aromatic carbocycles. The maximum Gasteiger partial charge on any atom is 0.255 e. The Hall–Kier alpha value is -2.52. The Bertz CT molecular complexity index is 792. The van der Waals surface area contributed by atoms with Gasteiger partial charge in [0.15, 0.2) is 0 Å². The summed E-state index contributed by atoms with van der Waals surface area (Å²) in [6.07, 6.45) is 3.93.